The lowest BCUT2D eigenvalue weighted by Gasteiger charge is -2.33. The molecule has 0 unspecified atom stereocenters. The molecule has 0 bridgehead atoms. The molecule has 5 nitrogen and oxygen atoms in total. The van der Waals surface area contributed by atoms with E-state index < -0.39 is 0 Å². The third kappa shape index (κ3) is 2.66. The molecule has 1 aliphatic carbocycles. The minimum atomic E-state index is 0.587. The summed E-state index contributed by atoms with van der Waals surface area (Å²) in [6.45, 7) is 8.71. The Morgan fingerprint density at radius 1 is 1.18 bits per heavy atom. The van der Waals surface area contributed by atoms with Crippen molar-refractivity contribution in [3.8, 4) is 0 Å². The summed E-state index contributed by atoms with van der Waals surface area (Å²) in [5.74, 6) is 2.30. The van der Waals surface area contributed by atoms with E-state index in [1.807, 2.05) is 0 Å². The van der Waals surface area contributed by atoms with Gasteiger partial charge in [0.05, 0.1) is 6.54 Å². The summed E-state index contributed by atoms with van der Waals surface area (Å²) in [7, 11) is 0. The van der Waals surface area contributed by atoms with Crippen molar-refractivity contribution in [2.45, 2.75) is 32.2 Å². The molecule has 2 heterocycles. The highest BCUT2D eigenvalue weighted by Crippen LogP contribution is 2.38. The Labute approximate surface area is 102 Å². The van der Waals surface area contributed by atoms with Gasteiger partial charge in [-0.25, -0.2) is 0 Å². The summed E-state index contributed by atoms with van der Waals surface area (Å²) in [6.07, 6.45) is 2.46. The Balaban J connectivity index is 1.52. The summed E-state index contributed by atoms with van der Waals surface area (Å²) in [5.41, 5.74) is 0. The maximum absolute atomic E-state index is 5.31. The number of hydrogen-bond acceptors (Lipinski definition) is 5. The highest BCUT2D eigenvalue weighted by Gasteiger charge is 2.29. The minimum absolute atomic E-state index is 0.587. The second-order valence-electron chi connectivity index (χ2n) is 5.03. The van der Waals surface area contributed by atoms with Crippen LogP contribution < -0.4 is 0 Å². The van der Waals surface area contributed by atoms with Gasteiger partial charge in [-0.3, -0.25) is 4.90 Å². The average Bonchev–Trinajstić information content (AvgIpc) is 3.12. The second kappa shape index (κ2) is 4.74. The first-order valence-electron chi connectivity index (χ1n) is 6.62. The van der Waals surface area contributed by atoms with Crippen molar-refractivity contribution in [1.82, 2.24) is 19.9 Å². The number of hydrogen-bond donors (Lipinski definition) is 0. The molecular weight excluding hydrogens is 216 g/mol. The first kappa shape index (κ1) is 11.2. The van der Waals surface area contributed by atoms with Crippen molar-refractivity contribution in [1.29, 1.82) is 0 Å². The molecule has 5 heteroatoms. The summed E-state index contributed by atoms with van der Waals surface area (Å²) < 4.78 is 5.31. The van der Waals surface area contributed by atoms with Crippen molar-refractivity contribution in [2.24, 2.45) is 0 Å². The molecule has 0 amide bonds. The Bertz CT molecular complexity index is 366. The van der Waals surface area contributed by atoms with Crippen LogP contribution in [0.15, 0.2) is 4.52 Å². The Hall–Kier alpha value is -0.940. The summed E-state index contributed by atoms with van der Waals surface area (Å²) in [5, 5.41) is 4.05. The fourth-order valence-electron chi connectivity index (χ4n) is 2.29. The van der Waals surface area contributed by atoms with E-state index in [9.17, 15) is 0 Å². The number of rotatable bonds is 4. The van der Waals surface area contributed by atoms with Crippen LogP contribution in [-0.4, -0.2) is 52.7 Å². The summed E-state index contributed by atoms with van der Waals surface area (Å²) in [4.78, 5) is 9.34. The van der Waals surface area contributed by atoms with Crippen LogP contribution in [0.1, 0.15) is 37.4 Å². The molecular formula is C12H20N4O. The van der Waals surface area contributed by atoms with Crippen LogP contribution >= 0.6 is 0 Å². The number of piperazine rings is 1. The number of aromatic nitrogens is 2. The van der Waals surface area contributed by atoms with E-state index in [0.29, 0.717) is 5.92 Å². The van der Waals surface area contributed by atoms with E-state index in [2.05, 4.69) is 26.9 Å². The molecule has 2 fully saturated rings. The molecule has 94 valence electrons. The van der Waals surface area contributed by atoms with E-state index in [1.54, 1.807) is 0 Å². The smallest absolute Gasteiger partial charge is 0.240 e. The van der Waals surface area contributed by atoms with Gasteiger partial charge in [-0.05, 0) is 19.4 Å². The van der Waals surface area contributed by atoms with Crippen LogP contribution in [0, 0.1) is 0 Å². The SMILES string of the molecule is CCN1CCN(Cc2nc(C3CC3)no2)CC1. The minimum Gasteiger partial charge on any atom is -0.338 e. The van der Waals surface area contributed by atoms with E-state index in [1.165, 1.54) is 12.8 Å². The molecule has 1 aliphatic heterocycles. The van der Waals surface area contributed by atoms with Gasteiger partial charge in [0.2, 0.25) is 5.89 Å². The first-order chi connectivity index (χ1) is 8.35. The molecule has 1 aromatic rings. The zero-order chi connectivity index (χ0) is 11.7. The zero-order valence-corrected chi connectivity index (χ0v) is 10.4. The third-order valence-corrected chi connectivity index (χ3v) is 3.70. The maximum atomic E-state index is 5.31. The fourth-order valence-corrected chi connectivity index (χ4v) is 2.29. The van der Waals surface area contributed by atoms with Crippen LogP contribution in [-0.2, 0) is 6.54 Å². The molecule has 1 saturated heterocycles. The van der Waals surface area contributed by atoms with Crippen molar-refractivity contribution in [3.05, 3.63) is 11.7 Å². The van der Waals surface area contributed by atoms with E-state index in [0.717, 1.165) is 51.0 Å². The normalized spacial score (nSPS) is 23.1. The fraction of sp³-hybridized carbons (Fsp3) is 0.833. The molecule has 0 aromatic carbocycles. The Morgan fingerprint density at radius 3 is 2.53 bits per heavy atom. The van der Waals surface area contributed by atoms with Gasteiger partial charge in [-0.2, -0.15) is 4.98 Å². The zero-order valence-electron chi connectivity index (χ0n) is 10.4. The molecule has 3 rings (SSSR count). The Kier molecular flexibility index (Phi) is 3.11. The summed E-state index contributed by atoms with van der Waals surface area (Å²) >= 11 is 0. The van der Waals surface area contributed by atoms with Crippen LogP contribution in [0.4, 0.5) is 0 Å². The maximum Gasteiger partial charge on any atom is 0.240 e. The van der Waals surface area contributed by atoms with Crippen LogP contribution in [0.2, 0.25) is 0 Å². The molecule has 0 atom stereocenters. The van der Waals surface area contributed by atoms with Gasteiger partial charge in [0.1, 0.15) is 0 Å². The highest BCUT2D eigenvalue weighted by molar-refractivity contribution is 5.03. The predicted octanol–water partition coefficient (Wildman–Crippen LogP) is 1.08. The van der Waals surface area contributed by atoms with Crippen molar-refractivity contribution in [2.75, 3.05) is 32.7 Å². The molecule has 0 radical (unpaired) electrons. The average molecular weight is 236 g/mol. The molecule has 2 aliphatic rings. The molecule has 17 heavy (non-hydrogen) atoms. The number of nitrogens with zero attached hydrogens (tertiary/aromatic N) is 4. The lowest BCUT2D eigenvalue weighted by Crippen LogP contribution is -2.45. The van der Waals surface area contributed by atoms with Gasteiger partial charge in [0, 0.05) is 32.1 Å². The van der Waals surface area contributed by atoms with Crippen LogP contribution in [0.5, 0.6) is 0 Å². The molecule has 0 N–H and O–H groups in total. The largest absolute Gasteiger partial charge is 0.338 e. The number of likely N-dealkylation sites (N-methyl/N-ethyl adjacent to an activating group) is 1. The molecule has 1 saturated carbocycles. The van der Waals surface area contributed by atoms with Gasteiger partial charge in [0.25, 0.3) is 0 Å². The first-order valence-corrected chi connectivity index (χ1v) is 6.62. The topological polar surface area (TPSA) is 45.4 Å². The summed E-state index contributed by atoms with van der Waals surface area (Å²) in [6, 6.07) is 0. The van der Waals surface area contributed by atoms with Gasteiger partial charge in [-0.15, -0.1) is 0 Å². The second-order valence-corrected chi connectivity index (χ2v) is 5.03. The molecule has 1 aromatic heterocycles. The quantitative estimate of drug-likeness (QED) is 0.783. The van der Waals surface area contributed by atoms with Crippen LogP contribution in [0.25, 0.3) is 0 Å². The van der Waals surface area contributed by atoms with Crippen molar-refractivity contribution < 1.29 is 4.52 Å². The van der Waals surface area contributed by atoms with E-state index in [4.69, 9.17) is 4.52 Å². The lowest BCUT2D eigenvalue weighted by molar-refractivity contribution is 0.121. The van der Waals surface area contributed by atoms with E-state index >= 15 is 0 Å². The predicted molar refractivity (Wildman–Crippen MR) is 63.7 cm³/mol. The van der Waals surface area contributed by atoms with Gasteiger partial charge < -0.3 is 9.42 Å². The van der Waals surface area contributed by atoms with Crippen molar-refractivity contribution >= 4 is 0 Å². The lowest BCUT2D eigenvalue weighted by atomic mass is 10.3. The monoisotopic (exact) mass is 236 g/mol. The third-order valence-electron chi connectivity index (χ3n) is 3.70. The van der Waals surface area contributed by atoms with Gasteiger partial charge in [-0.1, -0.05) is 12.1 Å². The van der Waals surface area contributed by atoms with Crippen LogP contribution in [0.3, 0.4) is 0 Å². The molecule has 0 spiro atoms. The van der Waals surface area contributed by atoms with Crippen molar-refractivity contribution in [3.63, 3.8) is 0 Å². The Morgan fingerprint density at radius 2 is 1.88 bits per heavy atom. The van der Waals surface area contributed by atoms with Gasteiger partial charge >= 0.3 is 0 Å². The van der Waals surface area contributed by atoms with E-state index in [-0.39, 0.29) is 0 Å². The van der Waals surface area contributed by atoms with Gasteiger partial charge in [0.15, 0.2) is 5.82 Å². The highest BCUT2D eigenvalue weighted by atomic mass is 16.5. The standard InChI is InChI=1S/C12H20N4O/c1-2-15-5-7-16(8-6-15)9-11-13-12(14-17-11)10-3-4-10/h10H,2-9H2,1H3.